The summed E-state index contributed by atoms with van der Waals surface area (Å²) in [6.45, 7) is 2.18. The molecule has 9 nitrogen and oxygen atoms in total. The summed E-state index contributed by atoms with van der Waals surface area (Å²) in [4.78, 5) is 42.3. The predicted molar refractivity (Wildman–Crippen MR) is 107 cm³/mol. The molecule has 1 atom stereocenters. The quantitative estimate of drug-likeness (QED) is 0.687. The largest absolute Gasteiger partial charge is 0.493 e. The summed E-state index contributed by atoms with van der Waals surface area (Å²) in [6.07, 6.45) is 0.0796. The lowest BCUT2D eigenvalue weighted by molar-refractivity contribution is -0.122. The molecule has 1 aromatic heterocycles. The highest BCUT2D eigenvalue weighted by molar-refractivity contribution is 7.14. The fraction of sp³-hybridized carbons (Fsp3) is 0.368. The molecule has 1 N–H and O–H groups in total. The number of methoxy groups -OCH3 is 2. The van der Waals surface area contributed by atoms with Gasteiger partial charge >= 0.3 is 5.97 Å². The van der Waals surface area contributed by atoms with Crippen LogP contribution in [0.4, 0.5) is 10.8 Å². The Morgan fingerprint density at radius 2 is 2.03 bits per heavy atom. The third-order valence-corrected chi connectivity index (χ3v) is 5.15. The SMILES string of the molecule is CCOC(=O)c1csc(NC(=O)C2CC(=O)N(c3ccc(OC)c(OC)c3)C2)n1. The monoisotopic (exact) mass is 419 g/mol. The van der Waals surface area contributed by atoms with Crippen LogP contribution in [-0.4, -0.2) is 50.1 Å². The minimum Gasteiger partial charge on any atom is -0.493 e. The van der Waals surface area contributed by atoms with E-state index in [9.17, 15) is 14.4 Å². The molecule has 154 valence electrons. The fourth-order valence-electron chi connectivity index (χ4n) is 2.96. The molecule has 1 saturated heterocycles. The van der Waals surface area contributed by atoms with Gasteiger partial charge < -0.3 is 24.4 Å². The van der Waals surface area contributed by atoms with Gasteiger partial charge in [-0.1, -0.05) is 0 Å². The van der Waals surface area contributed by atoms with Crippen molar-refractivity contribution < 1.29 is 28.6 Å². The molecule has 1 unspecified atom stereocenters. The number of hydrogen-bond donors (Lipinski definition) is 1. The third-order valence-electron chi connectivity index (χ3n) is 4.39. The second-order valence-corrected chi connectivity index (χ2v) is 7.05. The summed E-state index contributed by atoms with van der Waals surface area (Å²) < 4.78 is 15.4. The Kier molecular flexibility index (Phi) is 6.32. The van der Waals surface area contributed by atoms with E-state index in [1.807, 2.05) is 0 Å². The van der Waals surface area contributed by atoms with Crippen LogP contribution in [0, 0.1) is 5.92 Å². The first kappa shape index (κ1) is 20.6. The predicted octanol–water partition coefficient (Wildman–Crippen LogP) is 2.33. The number of nitrogens with zero attached hydrogens (tertiary/aromatic N) is 2. The summed E-state index contributed by atoms with van der Waals surface area (Å²) in [5.41, 5.74) is 0.767. The molecule has 1 aromatic carbocycles. The number of carbonyl (C=O) groups is 3. The molecule has 0 saturated carbocycles. The summed E-state index contributed by atoms with van der Waals surface area (Å²) in [6, 6.07) is 5.15. The zero-order valence-electron chi connectivity index (χ0n) is 16.3. The van der Waals surface area contributed by atoms with E-state index in [1.54, 1.807) is 25.1 Å². The molecule has 0 spiro atoms. The summed E-state index contributed by atoms with van der Waals surface area (Å²) in [5.74, 6) is -0.515. The summed E-state index contributed by atoms with van der Waals surface area (Å²) in [7, 11) is 3.05. The number of hydrogen-bond acceptors (Lipinski definition) is 8. The first-order chi connectivity index (χ1) is 14.0. The Labute approximate surface area is 171 Å². The Bertz CT molecular complexity index is 928. The molecule has 10 heteroatoms. The van der Waals surface area contributed by atoms with E-state index in [4.69, 9.17) is 14.2 Å². The van der Waals surface area contributed by atoms with Crippen LogP contribution >= 0.6 is 11.3 Å². The number of esters is 1. The van der Waals surface area contributed by atoms with Crippen LogP contribution in [0.3, 0.4) is 0 Å². The van der Waals surface area contributed by atoms with Gasteiger partial charge in [0, 0.05) is 30.1 Å². The normalized spacial score (nSPS) is 15.9. The van der Waals surface area contributed by atoms with Gasteiger partial charge in [0.1, 0.15) is 0 Å². The van der Waals surface area contributed by atoms with Gasteiger partial charge in [0.2, 0.25) is 11.8 Å². The molecule has 1 aliphatic rings. The fourth-order valence-corrected chi connectivity index (χ4v) is 3.65. The number of aromatic nitrogens is 1. The van der Waals surface area contributed by atoms with Crippen molar-refractivity contribution in [1.29, 1.82) is 0 Å². The van der Waals surface area contributed by atoms with Gasteiger partial charge in [0.25, 0.3) is 0 Å². The third kappa shape index (κ3) is 4.48. The van der Waals surface area contributed by atoms with Gasteiger partial charge in [-0.3, -0.25) is 9.59 Å². The number of benzene rings is 1. The zero-order valence-corrected chi connectivity index (χ0v) is 17.1. The van der Waals surface area contributed by atoms with E-state index in [-0.39, 0.29) is 42.2 Å². The molecule has 2 amide bonds. The van der Waals surface area contributed by atoms with Gasteiger partial charge in [-0.05, 0) is 19.1 Å². The maximum atomic E-state index is 12.6. The van der Waals surface area contributed by atoms with Gasteiger partial charge in [0.05, 0.1) is 26.7 Å². The lowest BCUT2D eigenvalue weighted by Crippen LogP contribution is -2.28. The number of amides is 2. The molecule has 3 rings (SSSR count). The smallest absolute Gasteiger partial charge is 0.357 e. The maximum absolute atomic E-state index is 12.6. The Balaban J connectivity index is 1.67. The number of ether oxygens (including phenoxy) is 3. The number of anilines is 2. The van der Waals surface area contributed by atoms with Gasteiger partial charge in [-0.25, -0.2) is 9.78 Å². The molecule has 1 aliphatic heterocycles. The van der Waals surface area contributed by atoms with Crippen LogP contribution in [-0.2, 0) is 14.3 Å². The van der Waals surface area contributed by atoms with E-state index in [0.29, 0.717) is 17.2 Å². The topological polar surface area (TPSA) is 107 Å². The van der Waals surface area contributed by atoms with Crippen LogP contribution in [0.25, 0.3) is 0 Å². The highest BCUT2D eigenvalue weighted by Gasteiger charge is 2.35. The van der Waals surface area contributed by atoms with E-state index in [0.717, 1.165) is 11.3 Å². The van der Waals surface area contributed by atoms with Crippen molar-refractivity contribution in [2.45, 2.75) is 13.3 Å². The van der Waals surface area contributed by atoms with Crippen LogP contribution in [0.15, 0.2) is 23.6 Å². The molecular weight excluding hydrogens is 398 g/mol. The van der Waals surface area contributed by atoms with Crippen molar-refractivity contribution in [3.8, 4) is 11.5 Å². The first-order valence-electron chi connectivity index (χ1n) is 8.92. The first-order valence-corrected chi connectivity index (χ1v) is 9.80. The maximum Gasteiger partial charge on any atom is 0.357 e. The van der Waals surface area contributed by atoms with E-state index in [1.165, 1.54) is 24.5 Å². The highest BCUT2D eigenvalue weighted by Crippen LogP contribution is 2.34. The molecule has 0 radical (unpaired) electrons. The number of rotatable bonds is 7. The average Bonchev–Trinajstić information content (AvgIpc) is 3.34. The van der Waals surface area contributed by atoms with Crippen molar-refractivity contribution in [3.05, 3.63) is 29.3 Å². The van der Waals surface area contributed by atoms with Gasteiger partial charge in [-0.15, -0.1) is 11.3 Å². The van der Waals surface area contributed by atoms with E-state index >= 15 is 0 Å². The lowest BCUT2D eigenvalue weighted by atomic mass is 10.1. The van der Waals surface area contributed by atoms with Crippen molar-refractivity contribution in [2.75, 3.05) is 37.6 Å². The van der Waals surface area contributed by atoms with Crippen molar-refractivity contribution >= 4 is 39.9 Å². The van der Waals surface area contributed by atoms with Crippen LogP contribution < -0.4 is 19.7 Å². The van der Waals surface area contributed by atoms with Crippen LogP contribution in [0.5, 0.6) is 11.5 Å². The Hall–Kier alpha value is -3.14. The van der Waals surface area contributed by atoms with Gasteiger partial charge in [0.15, 0.2) is 22.3 Å². The van der Waals surface area contributed by atoms with E-state index in [2.05, 4.69) is 10.3 Å². The number of nitrogens with one attached hydrogen (secondary N) is 1. The second kappa shape index (κ2) is 8.91. The number of thiazole rings is 1. The minimum atomic E-state index is -0.542. The van der Waals surface area contributed by atoms with Crippen molar-refractivity contribution in [2.24, 2.45) is 5.92 Å². The average molecular weight is 419 g/mol. The Morgan fingerprint density at radius 1 is 1.28 bits per heavy atom. The van der Waals surface area contributed by atoms with Crippen LogP contribution in [0.1, 0.15) is 23.8 Å². The molecule has 0 bridgehead atoms. The molecule has 29 heavy (non-hydrogen) atoms. The molecule has 0 aliphatic carbocycles. The molecule has 2 heterocycles. The Morgan fingerprint density at radius 3 is 2.72 bits per heavy atom. The second-order valence-electron chi connectivity index (χ2n) is 6.19. The highest BCUT2D eigenvalue weighted by atomic mass is 32.1. The van der Waals surface area contributed by atoms with Gasteiger partial charge in [-0.2, -0.15) is 0 Å². The zero-order chi connectivity index (χ0) is 21.0. The van der Waals surface area contributed by atoms with Crippen LogP contribution in [0.2, 0.25) is 0 Å². The minimum absolute atomic E-state index is 0.0796. The lowest BCUT2D eigenvalue weighted by Gasteiger charge is -2.18. The number of carbonyl (C=O) groups excluding carboxylic acids is 3. The molecule has 1 fully saturated rings. The molecular formula is C19H21N3O6S. The van der Waals surface area contributed by atoms with Crippen molar-refractivity contribution in [3.63, 3.8) is 0 Å². The van der Waals surface area contributed by atoms with Crippen molar-refractivity contribution in [1.82, 2.24) is 4.98 Å². The standard InChI is InChI=1S/C19H21N3O6S/c1-4-28-18(25)13-10-29-19(20-13)21-17(24)11-7-16(23)22(9-11)12-5-6-14(26-2)15(8-12)27-3/h5-6,8,10-11H,4,7,9H2,1-3H3,(H,20,21,24). The summed E-state index contributed by atoms with van der Waals surface area (Å²) in [5, 5.41) is 4.48. The molecule has 2 aromatic rings. The summed E-state index contributed by atoms with van der Waals surface area (Å²) >= 11 is 1.13. The van der Waals surface area contributed by atoms with E-state index < -0.39 is 11.9 Å².